The van der Waals surface area contributed by atoms with Crippen LogP contribution in [-0.2, 0) is 9.53 Å². The third-order valence-corrected chi connectivity index (χ3v) is 5.21. The van der Waals surface area contributed by atoms with E-state index in [0.717, 1.165) is 24.3 Å². The predicted octanol–water partition coefficient (Wildman–Crippen LogP) is 2.65. The minimum absolute atomic E-state index is 0.0265. The highest BCUT2D eigenvalue weighted by Gasteiger charge is 2.24. The molecule has 0 atom stereocenters. The standard InChI is InChI=1S/C20H26N4O4S/c1-27-11-10-24(9-8-18(25)21-14-6-7-14)19(26)17-13-29-20(23-17)22-15-4-3-5-16(12-15)28-2/h3-5,12-14H,6-11H2,1-2H3,(H,21,25)(H,22,23). The number of carbonyl (C=O) groups excluding carboxylic acids is 2. The van der Waals surface area contributed by atoms with Crippen molar-refractivity contribution in [1.29, 1.82) is 0 Å². The van der Waals surface area contributed by atoms with Crippen molar-refractivity contribution in [2.45, 2.75) is 25.3 Å². The maximum Gasteiger partial charge on any atom is 0.273 e. The van der Waals surface area contributed by atoms with Crippen molar-refractivity contribution in [1.82, 2.24) is 15.2 Å². The lowest BCUT2D eigenvalue weighted by Gasteiger charge is -2.21. The molecule has 0 bridgehead atoms. The molecule has 2 aromatic rings. The normalized spacial score (nSPS) is 13.0. The zero-order valence-corrected chi connectivity index (χ0v) is 17.5. The van der Waals surface area contributed by atoms with Crippen LogP contribution >= 0.6 is 11.3 Å². The van der Waals surface area contributed by atoms with Gasteiger partial charge in [0.25, 0.3) is 5.91 Å². The Kier molecular flexibility index (Phi) is 7.42. The number of ether oxygens (including phenoxy) is 2. The zero-order chi connectivity index (χ0) is 20.6. The van der Waals surface area contributed by atoms with Gasteiger partial charge in [-0.15, -0.1) is 11.3 Å². The van der Waals surface area contributed by atoms with E-state index in [1.54, 1.807) is 24.5 Å². The van der Waals surface area contributed by atoms with Crippen molar-refractivity contribution in [2.24, 2.45) is 0 Å². The van der Waals surface area contributed by atoms with E-state index in [-0.39, 0.29) is 18.2 Å². The summed E-state index contributed by atoms with van der Waals surface area (Å²) in [5, 5.41) is 8.45. The average molecular weight is 419 g/mol. The van der Waals surface area contributed by atoms with Crippen LogP contribution in [0.4, 0.5) is 10.8 Å². The Morgan fingerprint density at radius 3 is 2.83 bits per heavy atom. The van der Waals surface area contributed by atoms with Gasteiger partial charge in [0.05, 0.1) is 13.7 Å². The molecule has 0 saturated heterocycles. The zero-order valence-electron chi connectivity index (χ0n) is 16.6. The Bertz CT molecular complexity index is 837. The van der Waals surface area contributed by atoms with Crippen LogP contribution in [0.15, 0.2) is 29.6 Å². The molecule has 1 aliphatic rings. The molecule has 0 radical (unpaired) electrons. The summed E-state index contributed by atoms with van der Waals surface area (Å²) in [5.74, 6) is 0.496. The van der Waals surface area contributed by atoms with Crippen LogP contribution in [-0.4, -0.2) is 61.7 Å². The van der Waals surface area contributed by atoms with Crippen molar-refractivity contribution in [2.75, 3.05) is 39.2 Å². The number of benzene rings is 1. The Hall–Kier alpha value is -2.65. The van der Waals surface area contributed by atoms with Gasteiger partial charge >= 0.3 is 0 Å². The maximum atomic E-state index is 12.9. The quantitative estimate of drug-likeness (QED) is 0.583. The minimum atomic E-state index is -0.212. The molecule has 156 valence electrons. The SMILES string of the molecule is COCCN(CCC(=O)NC1CC1)C(=O)c1csc(Nc2cccc(OC)c2)n1. The van der Waals surface area contributed by atoms with Gasteiger partial charge in [-0.05, 0) is 25.0 Å². The van der Waals surface area contributed by atoms with E-state index in [1.807, 2.05) is 24.3 Å². The van der Waals surface area contributed by atoms with Crippen LogP contribution in [0, 0.1) is 0 Å². The molecule has 1 heterocycles. The molecule has 2 amide bonds. The summed E-state index contributed by atoms with van der Waals surface area (Å²) in [7, 11) is 3.19. The van der Waals surface area contributed by atoms with E-state index < -0.39 is 0 Å². The molecule has 0 aliphatic heterocycles. The minimum Gasteiger partial charge on any atom is -0.497 e. The van der Waals surface area contributed by atoms with Gasteiger partial charge in [-0.1, -0.05) is 6.07 Å². The molecule has 3 rings (SSSR count). The average Bonchev–Trinajstić information content (AvgIpc) is 3.42. The number of methoxy groups -OCH3 is 2. The van der Waals surface area contributed by atoms with Crippen molar-refractivity contribution < 1.29 is 19.1 Å². The highest BCUT2D eigenvalue weighted by atomic mass is 32.1. The smallest absolute Gasteiger partial charge is 0.273 e. The van der Waals surface area contributed by atoms with Gasteiger partial charge in [0.1, 0.15) is 11.4 Å². The fourth-order valence-electron chi connectivity index (χ4n) is 2.70. The molecule has 1 aromatic carbocycles. The van der Waals surface area contributed by atoms with E-state index in [2.05, 4.69) is 15.6 Å². The Labute approximate surface area is 174 Å². The maximum absolute atomic E-state index is 12.9. The lowest BCUT2D eigenvalue weighted by atomic mass is 10.3. The fourth-order valence-corrected chi connectivity index (χ4v) is 3.40. The number of amides is 2. The summed E-state index contributed by atoms with van der Waals surface area (Å²) in [6, 6.07) is 7.80. The first kappa shape index (κ1) is 21.1. The Balaban J connectivity index is 1.61. The third kappa shape index (κ3) is 6.43. The molecule has 2 N–H and O–H groups in total. The lowest BCUT2D eigenvalue weighted by molar-refractivity contribution is -0.121. The van der Waals surface area contributed by atoms with Crippen molar-refractivity contribution in [3.63, 3.8) is 0 Å². The number of aromatic nitrogens is 1. The van der Waals surface area contributed by atoms with Gasteiger partial charge in [0, 0.05) is 49.8 Å². The lowest BCUT2D eigenvalue weighted by Crippen LogP contribution is -2.37. The van der Waals surface area contributed by atoms with Gasteiger partial charge in [-0.2, -0.15) is 0 Å². The molecule has 1 saturated carbocycles. The monoisotopic (exact) mass is 418 g/mol. The summed E-state index contributed by atoms with van der Waals surface area (Å²) >= 11 is 1.35. The van der Waals surface area contributed by atoms with Gasteiger partial charge in [0.15, 0.2) is 5.13 Å². The molecular weight excluding hydrogens is 392 g/mol. The number of hydrogen-bond acceptors (Lipinski definition) is 7. The predicted molar refractivity (Wildman–Crippen MR) is 112 cm³/mol. The molecule has 1 aliphatic carbocycles. The van der Waals surface area contributed by atoms with Crippen LogP contribution in [0.3, 0.4) is 0 Å². The second kappa shape index (κ2) is 10.2. The number of rotatable bonds is 11. The molecule has 29 heavy (non-hydrogen) atoms. The van der Waals surface area contributed by atoms with Crippen LogP contribution in [0.5, 0.6) is 5.75 Å². The second-order valence-corrected chi connectivity index (χ2v) is 7.63. The number of thiazole rings is 1. The second-order valence-electron chi connectivity index (χ2n) is 6.77. The first-order valence-corrected chi connectivity index (χ1v) is 10.4. The highest BCUT2D eigenvalue weighted by Crippen LogP contribution is 2.24. The van der Waals surface area contributed by atoms with Crippen LogP contribution in [0.2, 0.25) is 0 Å². The van der Waals surface area contributed by atoms with Crippen LogP contribution in [0.1, 0.15) is 29.8 Å². The number of nitrogens with zero attached hydrogens (tertiary/aromatic N) is 2. The Morgan fingerprint density at radius 2 is 2.10 bits per heavy atom. The molecule has 9 heteroatoms. The largest absolute Gasteiger partial charge is 0.497 e. The van der Waals surface area contributed by atoms with E-state index in [1.165, 1.54) is 11.3 Å². The Morgan fingerprint density at radius 1 is 1.28 bits per heavy atom. The molecule has 8 nitrogen and oxygen atoms in total. The van der Waals surface area contributed by atoms with Gasteiger partial charge in [-0.3, -0.25) is 9.59 Å². The summed E-state index contributed by atoms with van der Waals surface area (Å²) in [4.78, 5) is 30.9. The molecule has 0 unspecified atom stereocenters. The topological polar surface area (TPSA) is 92.8 Å². The number of hydrogen-bond donors (Lipinski definition) is 2. The van der Waals surface area contributed by atoms with Crippen LogP contribution in [0.25, 0.3) is 0 Å². The van der Waals surface area contributed by atoms with Gasteiger partial charge in [0.2, 0.25) is 5.91 Å². The van der Waals surface area contributed by atoms with Gasteiger partial charge < -0.3 is 25.0 Å². The summed E-state index contributed by atoms with van der Waals surface area (Å²) < 4.78 is 10.3. The molecule has 0 spiro atoms. The molecule has 1 aromatic heterocycles. The van der Waals surface area contributed by atoms with E-state index in [9.17, 15) is 9.59 Å². The first-order valence-electron chi connectivity index (χ1n) is 9.53. The summed E-state index contributed by atoms with van der Waals surface area (Å²) in [6.45, 7) is 1.13. The molecular formula is C20H26N4O4S. The van der Waals surface area contributed by atoms with Crippen molar-refractivity contribution in [3.8, 4) is 5.75 Å². The van der Waals surface area contributed by atoms with Crippen molar-refractivity contribution in [3.05, 3.63) is 35.3 Å². The fraction of sp³-hybridized carbons (Fsp3) is 0.450. The van der Waals surface area contributed by atoms with E-state index in [4.69, 9.17) is 9.47 Å². The summed E-state index contributed by atoms with van der Waals surface area (Å²) in [5.41, 5.74) is 1.17. The summed E-state index contributed by atoms with van der Waals surface area (Å²) in [6.07, 6.45) is 2.35. The number of carbonyl (C=O) groups is 2. The van der Waals surface area contributed by atoms with E-state index >= 15 is 0 Å². The van der Waals surface area contributed by atoms with Crippen LogP contribution < -0.4 is 15.4 Å². The third-order valence-electron chi connectivity index (χ3n) is 4.45. The van der Waals surface area contributed by atoms with Gasteiger partial charge in [-0.25, -0.2) is 4.98 Å². The number of anilines is 2. The molecule has 1 fully saturated rings. The first-order chi connectivity index (χ1) is 14.1. The van der Waals surface area contributed by atoms with E-state index in [0.29, 0.717) is 36.6 Å². The van der Waals surface area contributed by atoms with Crippen molar-refractivity contribution >= 4 is 34.0 Å². The highest BCUT2D eigenvalue weighted by molar-refractivity contribution is 7.14. The number of nitrogens with one attached hydrogen (secondary N) is 2.